The maximum absolute atomic E-state index is 11.6. The van der Waals surface area contributed by atoms with E-state index in [4.69, 9.17) is 5.73 Å². The van der Waals surface area contributed by atoms with E-state index in [0.29, 0.717) is 12.0 Å². The molecule has 1 saturated carbocycles. The highest BCUT2D eigenvalue weighted by molar-refractivity contribution is 6.03. The normalized spacial score (nSPS) is 21.5. The zero-order chi connectivity index (χ0) is 13.6. The summed E-state index contributed by atoms with van der Waals surface area (Å²) in [6.45, 7) is 5.53. The van der Waals surface area contributed by atoms with Gasteiger partial charge >= 0.3 is 0 Å². The van der Waals surface area contributed by atoms with Crippen LogP contribution in [-0.2, 0) is 4.79 Å². The number of hydrogen-bond donors (Lipinski definition) is 2. The molecule has 1 aliphatic carbocycles. The Morgan fingerprint density at radius 3 is 2.79 bits per heavy atom. The number of carbonyl (C=O) groups is 1. The summed E-state index contributed by atoms with van der Waals surface area (Å²) in [5, 5.41) is 2.86. The molecule has 102 valence electrons. The third-order valence-electron chi connectivity index (χ3n) is 3.79. The standard InChI is InChI=1S/C15H21N3O/c1-9(2)8-18(10-3-4-10)11-5-6-12-13(7-11)17-15(19)14(12)16/h5-7,9-10,14H,3-4,8,16H2,1-2H3,(H,17,19). The van der Waals surface area contributed by atoms with Gasteiger partial charge in [0.2, 0.25) is 5.91 Å². The number of hydrogen-bond acceptors (Lipinski definition) is 3. The lowest BCUT2D eigenvalue weighted by Crippen LogP contribution is -2.29. The second-order valence-corrected chi connectivity index (χ2v) is 6.02. The Balaban J connectivity index is 1.89. The van der Waals surface area contributed by atoms with Gasteiger partial charge in [0.1, 0.15) is 6.04 Å². The molecule has 4 nitrogen and oxygen atoms in total. The summed E-state index contributed by atoms with van der Waals surface area (Å²) in [5.41, 5.74) is 8.83. The van der Waals surface area contributed by atoms with Crippen molar-refractivity contribution in [2.24, 2.45) is 11.7 Å². The van der Waals surface area contributed by atoms with Crippen LogP contribution in [0, 0.1) is 5.92 Å². The molecule has 0 radical (unpaired) electrons. The van der Waals surface area contributed by atoms with E-state index >= 15 is 0 Å². The van der Waals surface area contributed by atoms with Crippen LogP contribution in [0.5, 0.6) is 0 Å². The number of benzene rings is 1. The lowest BCUT2D eigenvalue weighted by atomic mass is 10.1. The monoisotopic (exact) mass is 259 g/mol. The molecule has 0 spiro atoms. The summed E-state index contributed by atoms with van der Waals surface area (Å²) in [7, 11) is 0. The van der Waals surface area contributed by atoms with Crippen LogP contribution in [0.3, 0.4) is 0 Å². The zero-order valence-electron chi connectivity index (χ0n) is 11.5. The van der Waals surface area contributed by atoms with E-state index in [1.807, 2.05) is 6.07 Å². The third-order valence-corrected chi connectivity index (χ3v) is 3.79. The van der Waals surface area contributed by atoms with Crippen LogP contribution in [0.2, 0.25) is 0 Å². The van der Waals surface area contributed by atoms with Gasteiger partial charge in [0.25, 0.3) is 0 Å². The molecule has 0 saturated heterocycles. The molecule has 3 N–H and O–H groups in total. The molecule has 1 aromatic carbocycles. The van der Waals surface area contributed by atoms with Crippen LogP contribution in [0.4, 0.5) is 11.4 Å². The number of anilines is 2. The predicted octanol–water partition coefficient (Wildman–Crippen LogP) is 2.26. The molecule has 0 aromatic heterocycles. The average Bonchev–Trinajstić information content (AvgIpc) is 3.15. The Kier molecular flexibility index (Phi) is 2.97. The highest BCUT2D eigenvalue weighted by Gasteiger charge is 2.32. The van der Waals surface area contributed by atoms with Crippen molar-refractivity contribution < 1.29 is 4.79 Å². The fraction of sp³-hybridized carbons (Fsp3) is 0.533. The van der Waals surface area contributed by atoms with Gasteiger partial charge in [0.15, 0.2) is 0 Å². The Hall–Kier alpha value is -1.55. The average molecular weight is 259 g/mol. The summed E-state index contributed by atoms with van der Waals surface area (Å²) in [5.74, 6) is 0.527. The van der Waals surface area contributed by atoms with Crippen LogP contribution in [-0.4, -0.2) is 18.5 Å². The van der Waals surface area contributed by atoms with Gasteiger partial charge in [-0.3, -0.25) is 4.79 Å². The topological polar surface area (TPSA) is 58.4 Å². The van der Waals surface area contributed by atoms with Gasteiger partial charge in [0, 0.05) is 29.5 Å². The Morgan fingerprint density at radius 2 is 2.16 bits per heavy atom. The van der Waals surface area contributed by atoms with Crippen molar-refractivity contribution >= 4 is 17.3 Å². The molecule has 1 aliphatic heterocycles. The van der Waals surface area contributed by atoms with Gasteiger partial charge in [-0.1, -0.05) is 19.9 Å². The molecule has 1 heterocycles. The first-order chi connectivity index (χ1) is 9.06. The highest BCUT2D eigenvalue weighted by Crippen LogP contribution is 2.37. The SMILES string of the molecule is CC(C)CN(c1ccc2c(c1)NC(=O)C2N)C1CC1. The molecule has 1 fully saturated rings. The van der Waals surface area contributed by atoms with Gasteiger partial charge < -0.3 is 16.0 Å². The van der Waals surface area contributed by atoms with E-state index in [1.54, 1.807) is 0 Å². The molecular weight excluding hydrogens is 238 g/mol. The Labute approximate surface area is 114 Å². The molecule has 1 aromatic rings. The lowest BCUT2D eigenvalue weighted by molar-refractivity contribution is -0.116. The summed E-state index contributed by atoms with van der Waals surface area (Å²) < 4.78 is 0. The van der Waals surface area contributed by atoms with E-state index < -0.39 is 6.04 Å². The predicted molar refractivity (Wildman–Crippen MR) is 77.2 cm³/mol. The van der Waals surface area contributed by atoms with Crippen molar-refractivity contribution in [3.05, 3.63) is 23.8 Å². The van der Waals surface area contributed by atoms with Gasteiger partial charge in [-0.05, 0) is 30.9 Å². The molecular formula is C15H21N3O. The van der Waals surface area contributed by atoms with Gasteiger partial charge in [0.05, 0.1) is 0 Å². The summed E-state index contributed by atoms with van der Waals surface area (Å²) in [4.78, 5) is 14.0. The van der Waals surface area contributed by atoms with E-state index in [1.165, 1.54) is 18.5 Å². The van der Waals surface area contributed by atoms with Crippen molar-refractivity contribution in [1.82, 2.24) is 0 Å². The van der Waals surface area contributed by atoms with Crippen molar-refractivity contribution in [1.29, 1.82) is 0 Å². The summed E-state index contributed by atoms with van der Waals surface area (Å²) >= 11 is 0. The zero-order valence-corrected chi connectivity index (χ0v) is 11.5. The van der Waals surface area contributed by atoms with Crippen LogP contribution >= 0.6 is 0 Å². The first-order valence-corrected chi connectivity index (χ1v) is 7.03. The van der Waals surface area contributed by atoms with Crippen LogP contribution < -0.4 is 16.0 Å². The number of fused-ring (bicyclic) bond motifs is 1. The molecule has 0 bridgehead atoms. The van der Waals surface area contributed by atoms with Crippen molar-refractivity contribution in [2.45, 2.75) is 38.8 Å². The highest BCUT2D eigenvalue weighted by atomic mass is 16.2. The smallest absolute Gasteiger partial charge is 0.245 e. The van der Waals surface area contributed by atoms with Crippen molar-refractivity contribution in [3.63, 3.8) is 0 Å². The van der Waals surface area contributed by atoms with Crippen molar-refractivity contribution in [3.8, 4) is 0 Å². The van der Waals surface area contributed by atoms with Crippen molar-refractivity contribution in [2.75, 3.05) is 16.8 Å². The van der Waals surface area contributed by atoms with Gasteiger partial charge in [-0.25, -0.2) is 0 Å². The minimum Gasteiger partial charge on any atom is -0.368 e. The van der Waals surface area contributed by atoms with Gasteiger partial charge in [-0.2, -0.15) is 0 Å². The molecule has 1 amide bonds. The lowest BCUT2D eigenvalue weighted by Gasteiger charge is -2.27. The van der Waals surface area contributed by atoms with E-state index in [2.05, 4.69) is 36.2 Å². The third kappa shape index (κ3) is 2.32. The number of nitrogens with one attached hydrogen (secondary N) is 1. The molecule has 2 aliphatic rings. The van der Waals surface area contributed by atoms with E-state index in [-0.39, 0.29) is 5.91 Å². The maximum Gasteiger partial charge on any atom is 0.245 e. The molecule has 1 atom stereocenters. The second-order valence-electron chi connectivity index (χ2n) is 6.02. The Morgan fingerprint density at radius 1 is 1.42 bits per heavy atom. The fourth-order valence-corrected chi connectivity index (χ4v) is 2.70. The number of carbonyl (C=O) groups excluding carboxylic acids is 1. The fourth-order valence-electron chi connectivity index (χ4n) is 2.70. The molecule has 1 unspecified atom stereocenters. The minimum absolute atomic E-state index is 0.103. The molecule has 3 rings (SSSR count). The maximum atomic E-state index is 11.6. The Bertz CT molecular complexity index is 508. The first-order valence-electron chi connectivity index (χ1n) is 7.03. The molecule has 4 heteroatoms. The second kappa shape index (κ2) is 4.53. The number of amides is 1. The number of nitrogens with zero attached hydrogens (tertiary/aromatic N) is 1. The number of nitrogens with two attached hydrogens (primary N) is 1. The largest absolute Gasteiger partial charge is 0.368 e. The summed E-state index contributed by atoms with van der Waals surface area (Å²) in [6, 6.07) is 6.32. The quantitative estimate of drug-likeness (QED) is 0.872. The first kappa shape index (κ1) is 12.5. The van der Waals surface area contributed by atoms with E-state index in [0.717, 1.165) is 17.8 Å². The summed E-state index contributed by atoms with van der Waals surface area (Å²) in [6.07, 6.45) is 2.55. The van der Waals surface area contributed by atoms with Gasteiger partial charge in [-0.15, -0.1) is 0 Å². The van der Waals surface area contributed by atoms with Crippen LogP contribution in [0.1, 0.15) is 38.3 Å². The van der Waals surface area contributed by atoms with Crippen LogP contribution in [0.25, 0.3) is 0 Å². The van der Waals surface area contributed by atoms with E-state index in [9.17, 15) is 4.79 Å². The number of rotatable bonds is 4. The minimum atomic E-state index is -0.511. The molecule has 19 heavy (non-hydrogen) atoms. The van der Waals surface area contributed by atoms with Crippen LogP contribution in [0.15, 0.2) is 18.2 Å².